The highest BCUT2D eigenvalue weighted by molar-refractivity contribution is 6.30. The molecule has 1 aliphatic carbocycles. The van der Waals surface area contributed by atoms with Gasteiger partial charge in [0.05, 0.1) is 12.7 Å². The molecule has 0 radical (unpaired) electrons. The van der Waals surface area contributed by atoms with E-state index in [2.05, 4.69) is 17.4 Å². The summed E-state index contributed by atoms with van der Waals surface area (Å²) in [5.74, 6) is 0.750. The molecule has 0 aliphatic heterocycles. The van der Waals surface area contributed by atoms with Crippen molar-refractivity contribution in [2.75, 3.05) is 20.2 Å². The van der Waals surface area contributed by atoms with Gasteiger partial charge >= 0.3 is 0 Å². The molecule has 1 N–H and O–H groups in total. The SMILES string of the molecule is CNCC(OCC1CCCCC1)c1ccc(Cl)cc1. The van der Waals surface area contributed by atoms with E-state index in [1.165, 1.54) is 37.7 Å². The fraction of sp³-hybridized carbons (Fsp3) is 0.625. The fourth-order valence-corrected chi connectivity index (χ4v) is 2.87. The summed E-state index contributed by atoms with van der Waals surface area (Å²) in [6, 6.07) is 7.99. The van der Waals surface area contributed by atoms with Gasteiger partial charge in [0.25, 0.3) is 0 Å². The van der Waals surface area contributed by atoms with Crippen molar-refractivity contribution < 1.29 is 4.74 Å². The summed E-state index contributed by atoms with van der Waals surface area (Å²) < 4.78 is 6.14. The minimum absolute atomic E-state index is 0.129. The molecule has 1 unspecified atom stereocenters. The van der Waals surface area contributed by atoms with Gasteiger partial charge in [-0.3, -0.25) is 0 Å². The summed E-state index contributed by atoms with van der Waals surface area (Å²) in [5.41, 5.74) is 1.20. The minimum atomic E-state index is 0.129. The second-order valence-corrected chi connectivity index (χ2v) is 5.87. The number of benzene rings is 1. The van der Waals surface area contributed by atoms with Crippen molar-refractivity contribution in [1.29, 1.82) is 0 Å². The third-order valence-corrected chi connectivity index (χ3v) is 4.14. The first-order valence-corrected chi connectivity index (χ1v) is 7.69. The van der Waals surface area contributed by atoms with Gasteiger partial charge in [0.1, 0.15) is 0 Å². The summed E-state index contributed by atoms with van der Waals surface area (Å²) in [5, 5.41) is 3.99. The third-order valence-electron chi connectivity index (χ3n) is 3.89. The number of likely N-dealkylation sites (N-methyl/N-ethyl adjacent to an activating group) is 1. The highest BCUT2D eigenvalue weighted by Crippen LogP contribution is 2.26. The maximum atomic E-state index is 6.14. The Hall–Kier alpha value is -0.570. The van der Waals surface area contributed by atoms with Gasteiger partial charge < -0.3 is 10.1 Å². The van der Waals surface area contributed by atoms with E-state index >= 15 is 0 Å². The van der Waals surface area contributed by atoms with Crippen LogP contribution >= 0.6 is 11.6 Å². The first-order valence-electron chi connectivity index (χ1n) is 7.31. The molecule has 1 aliphatic rings. The van der Waals surface area contributed by atoms with Gasteiger partial charge in [-0.05, 0) is 43.5 Å². The number of rotatable bonds is 6. The normalized spacial score (nSPS) is 18.4. The topological polar surface area (TPSA) is 21.3 Å². The average molecular weight is 282 g/mol. The Labute approximate surface area is 121 Å². The van der Waals surface area contributed by atoms with Crippen LogP contribution in [0.25, 0.3) is 0 Å². The number of hydrogen-bond acceptors (Lipinski definition) is 2. The van der Waals surface area contributed by atoms with Crippen molar-refractivity contribution in [3.63, 3.8) is 0 Å². The van der Waals surface area contributed by atoms with E-state index in [4.69, 9.17) is 16.3 Å². The number of ether oxygens (including phenoxy) is 1. The number of hydrogen-bond donors (Lipinski definition) is 1. The predicted molar refractivity (Wildman–Crippen MR) is 80.6 cm³/mol. The molecule has 1 atom stereocenters. The first-order chi connectivity index (χ1) is 9.29. The van der Waals surface area contributed by atoms with Crippen LogP contribution in [0.1, 0.15) is 43.8 Å². The quantitative estimate of drug-likeness (QED) is 0.844. The average Bonchev–Trinajstić information content (AvgIpc) is 2.46. The Morgan fingerprint density at radius 3 is 2.53 bits per heavy atom. The molecule has 0 amide bonds. The largest absolute Gasteiger partial charge is 0.372 e. The van der Waals surface area contributed by atoms with Crippen LogP contribution in [0.3, 0.4) is 0 Å². The molecule has 19 heavy (non-hydrogen) atoms. The molecule has 0 heterocycles. The van der Waals surface area contributed by atoms with Crippen LogP contribution in [0.4, 0.5) is 0 Å². The van der Waals surface area contributed by atoms with Crippen LogP contribution < -0.4 is 5.32 Å². The number of nitrogens with one attached hydrogen (secondary N) is 1. The zero-order chi connectivity index (χ0) is 13.5. The molecule has 1 aromatic carbocycles. The van der Waals surface area contributed by atoms with E-state index in [1.807, 2.05) is 19.2 Å². The maximum absolute atomic E-state index is 6.14. The van der Waals surface area contributed by atoms with E-state index in [-0.39, 0.29) is 6.10 Å². The van der Waals surface area contributed by atoms with Crippen molar-refractivity contribution in [1.82, 2.24) is 5.32 Å². The van der Waals surface area contributed by atoms with Crippen molar-refractivity contribution in [2.45, 2.75) is 38.2 Å². The molecule has 1 saturated carbocycles. The monoisotopic (exact) mass is 281 g/mol. The lowest BCUT2D eigenvalue weighted by molar-refractivity contribution is 0.0209. The van der Waals surface area contributed by atoms with Gasteiger partial charge in [-0.25, -0.2) is 0 Å². The molecule has 2 rings (SSSR count). The molecule has 3 heteroatoms. The Balaban J connectivity index is 1.89. The molecular formula is C16H24ClNO. The Morgan fingerprint density at radius 1 is 1.21 bits per heavy atom. The van der Waals surface area contributed by atoms with Gasteiger partial charge in [-0.2, -0.15) is 0 Å². The summed E-state index contributed by atoms with van der Waals surface area (Å²) in [6.45, 7) is 1.73. The number of halogens is 1. The zero-order valence-electron chi connectivity index (χ0n) is 11.7. The van der Waals surface area contributed by atoms with Gasteiger partial charge in [0.2, 0.25) is 0 Å². The molecule has 0 aromatic heterocycles. The molecule has 0 bridgehead atoms. The summed E-state index contributed by atoms with van der Waals surface area (Å²) in [6.07, 6.45) is 6.91. The predicted octanol–water partition coefficient (Wildman–Crippen LogP) is 4.20. The van der Waals surface area contributed by atoms with Crippen LogP contribution in [0, 0.1) is 5.92 Å². The van der Waals surface area contributed by atoms with Crippen molar-refractivity contribution in [3.05, 3.63) is 34.9 Å². The van der Waals surface area contributed by atoms with Crippen molar-refractivity contribution in [2.24, 2.45) is 5.92 Å². The van der Waals surface area contributed by atoms with Gasteiger partial charge in [0.15, 0.2) is 0 Å². The van der Waals surface area contributed by atoms with Crippen LogP contribution in [0.5, 0.6) is 0 Å². The molecular weight excluding hydrogens is 258 g/mol. The lowest BCUT2D eigenvalue weighted by Crippen LogP contribution is -2.23. The van der Waals surface area contributed by atoms with Crippen LogP contribution in [0.15, 0.2) is 24.3 Å². The first kappa shape index (κ1) is 14.8. The van der Waals surface area contributed by atoms with Crippen LogP contribution in [0.2, 0.25) is 5.02 Å². The minimum Gasteiger partial charge on any atom is -0.372 e. The molecule has 2 nitrogen and oxygen atoms in total. The maximum Gasteiger partial charge on any atom is 0.0949 e. The third kappa shape index (κ3) is 4.79. The van der Waals surface area contributed by atoms with E-state index < -0.39 is 0 Å². The highest BCUT2D eigenvalue weighted by atomic mass is 35.5. The summed E-state index contributed by atoms with van der Waals surface area (Å²) in [4.78, 5) is 0. The lowest BCUT2D eigenvalue weighted by atomic mass is 9.90. The Morgan fingerprint density at radius 2 is 1.89 bits per heavy atom. The smallest absolute Gasteiger partial charge is 0.0949 e. The van der Waals surface area contributed by atoms with Crippen LogP contribution in [-0.4, -0.2) is 20.2 Å². The van der Waals surface area contributed by atoms with E-state index in [0.717, 1.165) is 24.1 Å². The standard InChI is InChI=1S/C16H24ClNO/c1-18-11-16(14-7-9-15(17)10-8-14)19-12-13-5-3-2-4-6-13/h7-10,13,16,18H,2-6,11-12H2,1H3. The second kappa shape index (κ2) is 7.88. The van der Waals surface area contributed by atoms with Gasteiger partial charge in [-0.15, -0.1) is 0 Å². The molecule has 1 fully saturated rings. The molecule has 0 saturated heterocycles. The Bertz CT molecular complexity index is 360. The molecule has 0 spiro atoms. The van der Waals surface area contributed by atoms with E-state index in [0.29, 0.717) is 0 Å². The fourth-order valence-electron chi connectivity index (χ4n) is 2.74. The lowest BCUT2D eigenvalue weighted by Gasteiger charge is -2.25. The van der Waals surface area contributed by atoms with E-state index in [1.54, 1.807) is 0 Å². The second-order valence-electron chi connectivity index (χ2n) is 5.44. The molecule has 1 aromatic rings. The van der Waals surface area contributed by atoms with Crippen LogP contribution in [-0.2, 0) is 4.74 Å². The zero-order valence-corrected chi connectivity index (χ0v) is 12.5. The van der Waals surface area contributed by atoms with Crippen molar-refractivity contribution in [3.8, 4) is 0 Å². The molecule has 106 valence electrons. The summed E-state index contributed by atoms with van der Waals surface area (Å²) in [7, 11) is 1.97. The van der Waals surface area contributed by atoms with Gasteiger partial charge in [0, 0.05) is 11.6 Å². The Kier molecular flexibility index (Phi) is 6.15. The van der Waals surface area contributed by atoms with Crippen molar-refractivity contribution >= 4 is 11.6 Å². The summed E-state index contributed by atoms with van der Waals surface area (Å²) >= 11 is 5.94. The highest BCUT2D eigenvalue weighted by Gasteiger charge is 2.17. The van der Waals surface area contributed by atoms with E-state index in [9.17, 15) is 0 Å². The van der Waals surface area contributed by atoms with Gasteiger partial charge in [-0.1, -0.05) is 43.0 Å².